The van der Waals surface area contributed by atoms with Crippen molar-refractivity contribution in [2.45, 2.75) is 57.9 Å². The number of rotatable bonds is 5. The molecule has 1 amide bonds. The normalized spacial score (nSPS) is 16.7. The molecule has 0 heterocycles. The number of hydrogen-bond acceptors (Lipinski definition) is 3. The Morgan fingerprint density at radius 3 is 2.37 bits per heavy atom. The van der Waals surface area contributed by atoms with Gasteiger partial charge in [0.2, 0.25) is 5.91 Å². The van der Waals surface area contributed by atoms with Gasteiger partial charge in [-0.1, -0.05) is 19.3 Å². The van der Waals surface area contributed by atoms with Crippen LogP contribution in [-0.2, 0) is 9.59 Å². The van der Waals surface area contributed by atoms with Crippen LogP contribution in [0.15, 0.2) is 0 Å². The van der Waals surface area contributed by atoms with E-state index in [1.165, 1.54) is 18.7 Å². The van der Waals surface area contributed by atoms with Crippen LogP contribution in [0, 0.1) is 17.2 Å². The minimum atomic E-state index is -1.26. The van der Waals surface area contributed by atoms with Gasteiger partial charge in [0.15, 0.2) is 0 Å². The first-order valence-corrected chi connectivity index (χ1v) is 6.83. The number of aliphatic carboxylic acids is 1. The number of carboxylic acids is 1. The molecule has 0 aliphatic heterocycles. The molecule has 1 aliphatic carbocycles. The minimum Gasteiger partial charge on any atom is -0.480 e. The van der Waals surface area contributed by atoms with E-state index in [-0.39, 0.29) is 24.8 Å². The Bertz CT molecular complexity index is 379. The molecule has 0 unspecified atom stereocenters. The summed E-state index contributed by atoms with van der Waals surface area (Å²) in [5.74, 6) is -1.22. The van der Waals surface area contributed by atoms with E-state index in [9.17, 15) is 14.7 Å². The predicted molar refractivity (Wildman–Crippen MR) is 70.2 cm³/mol. The zero-order valence-corrected chi connectivity index (χ0v) is 11.7. The van der Waals surface area contributed by atoms with E-state index in [0.29, 0.717) is 0 Å². The highest BCUT2D eigenvalue weighted by atomic mass is 16.4. The average molecular weight is 266 g/mol. The highest BCUT2D eigenvalue weighted by Crippen LogP contribution is 2.28. The fourth-order valence-corrected chi connectivity index (χ4v) is 2.51. The second-order valence-electron chi connectivity index (χ2n) is 5.60. The first kappa shape index (κ1) is 15.5. The van der Waals surface area contributed by atoms with Crippen molar-refractivity contribution in [1.82, 2.24) is 4.90 Å². The first-order valence-electron chi connectivity index (χ1n) is 6.83. The third-order valence-corrected chi connectivity index (χ3v) is 3.87. The van der Waals surface area contributed by atoms with Gasteiger partial charge in [0, 0.05) is 12.5 Å². The van der Waals surface area contributed by atoms with Gasteiger partial charge in [-0.05, 0) is 26.7 Å². The summed E-state index contributed by atoms with van der Waals surface area (Å²) < 4.78 is 0. The quantitative estimate of drug-likeness (QED) is 0.826. The Morgan fingerprint density at radius 1 is 1.32 bits per heavy atom. The summed E-state index contributed by atoms with van der Waals surface area (Å²) in [7, 11) is 0. The molecule has 0 spiro atoms. The van der Waals surface area contributed by atoms with Crippen LogP contribution < -0.4 is 0 Å². The fraction of sp³-hybridized carbons (Fsp3) is 0.786. The van der Waals surface area contributed by atoms with Gasteiger partial charge in [0.05, 0.1) is 12.5 Å². The van der Waals surface area contributed by atoms with Crippen LogP contribution in [0.25, 0.3) is 0 Å². The van der Waals surface area contributed by atoms with Gasteiger partial charge >= 0.3 is 5.97 Å². The van der Waals surface area contributed by atoms with Crippen LogP contribution in [0.1, 0.15) is 52.4 Å². The molecule has 106 valence electrons. The maximum atomic E-state index is 12.5. The number of carboxylic acid groups (broad SMARTS) is 1. The van der Waals surface area contributed by atoms with Crippen molar-refractivity contribution < 1.29 is 14.7 Å². The third kappa shape index (κ3) is 3.69. The van der Waals surface area contributed by atoms with E-state index in [2.05, 4.69) is 0 Å². The maximum Gasteiger partial charge on any atom is 0.329 e. The molecule has 0 radical (unpaired) electrons. The number of carbonyl (C=O) groups is 2. The van der Waals surface area contributed by atoms with Crippen molar-refractivity contribution >= 4 is 11.9 Å². The Labute approximate surface area is 114 Å². The van der Waals surface area contributed by atoms with Crippen LogP contribution in [0.5, 0.6) is 0 Å². The SMILES string of the molecule is CC(C)(C(=O)O)N(CCC#N)C(=O)C1CCCCC1. The molecular formula is C14H22N2O3. The van der Waals surface area contributed by atoms with E-state index in [1.54, 1.807) is 0 Å². The van der Waals surface area contributed by atoms with E-state index in [4.69, 9.17) is 5.26 Å². The lowest BCUT2D eigenvalue weighted by Crippen LogP contribution is -2.55. The molecule has 1 aliphatic rings. The zero-order chi connectivity index (χ0) is 14.5. The molecule has 0 aromatic heterocycles. The smallest absolute Gasteiger partial charge is 0.329 e. The van der Waals surface area contributed by atoms with E-state index >= 15 is 0 Å². The number of hydrogen-bond donors (Lipinski definition) is 1. The molecule has 0 atom stereocenters. The van der Waals surface area contributed by atoms with Gasteiger partial charge in [-0.15, -0.1) is 0 Å². The Balaban J connectivity index is 2.86. The van der Waals surface area contributed by atoms with Crippen LogP contribution in [-0.4, -0.2) is 34.0 Å². The van der Waals surface area contributed by atoms with Crippen molar-refractivity contribution in [1.29, 1.82) is 5.26 Å². The summed E-state index contributed by atoms with van der Waals surface area (Å²) in [4.78, 5) is 25.2. The second kappa shape index (κ2) is 6.55. The van der Waals surface area contributed by atoms with Gasteiger partial charge in [0.1, 0.15) is 5.54 Å². The number of amides is 1. The van der Waals surface area contributed by atoms with E-state index in [0.717, 1.165) is 32.1 Å². The molecule has 1 rings (SSSR count). The summed E-state index contributed by atoms with van der Waals surface area (Å²) in [5, 5.41) is 18.0. The van der Waals surface area contributed by atoms with Gasteiger partial charge in [-0.25, -0.2) is 4.79 Å². The summed E-state index contributed by atoms with van der Waals surface area (Å²) in [5.41, 5.74) is -1.26. The first-order chi connectivity index (χ1) is 8.91. The monoisotopic (exact) mass is 266 g/mol. The maximum absolute atomic E-state index is 12.5. The predicted octanol–water partition coefficient (Wildman–Crippen LogP) is 2.17. The number of carbonyl (C=O) groups excluding carboxylic acids is 1. The summed E-state index contributed by atoms with van der Waals surface area (Å²) in [6.07, 6.45) is 5.01. The summed E-state index contributed by atoms with van der Waals surface area (Å²) >= 11 is 0. The lowest BCUT2D eigenvalue weighted by Gasteiger charge is -2.37. The molecule has 1 fully saturated rings. The van der Waals surface area contributed by atoms with Crippen molar-refractivity contribution in [2.75, 3.05) is 6.54 Å². The molecule has 1 saturated carbocycles. The molecule has 0 saturated heterocycles. The molecule has 5 nitrogen and oxygen atoms in total. The van der Waals surface area contributed by atoms with Crippen molar-refractivity contribution in [3.05, 3.63) is 0 Å². The molecule has 5 heteroatoms. The van der Waals surface area contributed by atoms with Crippen LogP contribution >= 0.6 is 0 Å². The van der Waals surface area contributed by atoms with Crippen LogP contribution in [0.2, 0.25) is 0 Å². The lowest BCUT2D eigenvalue weighted by atomic mass is 9.87. The molecular weight excluding hydrogens is 244 g/mol. The van der Waals surface area contributed by atoms with E-state index in [1.807, 2.05) is 6.07 Å². The highest BCUT2D eigenvalue weighted by molar-refractivity contribution is 5.87. The molecule has 0 aromatic carbocycles. The van der Waals surface area contributed by atoms with Gasteiger partial charge in [-0.2, -0.15) is 5.26 Å². The molecule has 0 bridgehead atoms. The molecule has 1 N–H and O–H groups in total. The minimum absolute atomic E-state index is 0.0777. The standard InChI is InChI=1S/C14H22N2O3/c1-14(2,13(18)19)16(10-6-9-15)12(17)11-7-4-3-5-8-11/h11H,3-8,10H2,1-2H3,(H,18,19). The topological polar surface area (TPSA) is 81.4 Å². The lowest BCUT2D eigenvalue weighted by molar-refractivity contribution is -0.159. The number of nitrogens with zero attached hydrogens (tertiary/aromatic N) is 2. The van der Waals surface area contributed by atoms with Gasteiger partial charge in [0.25, 0.3) is 0 Å². The Hall–Kier alpha value is -1.57. The highest BCUT2D eigenvalue weighted by Gasteiger charge is 2.40. The van der Waals surface area contributed by atoms with Crippen molar-refractivity contribution in [3.63, 3.8) is 0 Å². The second-order valence-corrected chi connectivity index (χ2v) is 5.60. The fourth-order valence-electron chi connectivity index (χ4n) is 2.51. The van der Waals surface area contributed by atoms with Crippen LogP contribution in [0.4, 0.5) is 0 Å². The largest absolute Gasteiger partial charge is 0.480 e. The summed E-state index contributed by atoms with van der Waals surface area (Å²) in [6, 6.07) is 1.98. The van der Waals surface area contributed by atoms with E-state index < -0.39 is 11.5 Å². The number of nitriles is 1. The van der Waals surface area contributed by atoms with Crippen LogP contribution in [0.3, 0.4) is 0 Å². The average Bonchev–Trinajstić information content (AvgIpc) is 2.39. The Morgan fingerprint density at radius 2 is 1.89 bits per heavy atom. The molecule has 0 aromatic rings. The van der Waals surface area contributed by atoms with Crippen molar-refractivity contribution in [2.24, 2.45) is 5.92 Å². The molecule has 19 heavy (non-hydrogen) atoms. The summed E-state index contributed by atoms with van der Waals surface area (Å²) in [6.45, 7) is 3.23. The Kier molecular flexibility index (Phi) is 5.34. The van der Waals surface area contributed by atoms with Gasteiger partial charge < -0.3 is 10.0 Å². The zero-order valence-electron chi connectivity index (χ0n) is 11.7. The van der Waals surface area contributed by atoms with Crippen molar-refractivity contribution in [3.8, 4) is 6.07 Å². The van der Waals surface area contributed by atoms with Gasteiger partial charge in [-0.3, -0.25) is 4.79 Å². The third-order valence-electron chi connectivity index (χ3n) is 3.87.